The lowest BCUT2D eigenvalue weighted by Crippen LogP contribution is -2.43. The van der Waals surface area contributed by atoms with Gasteiger partial charge in [0, 0.05) is 24.5 Å². The highest BCUT2D eigenvalue weighted by molar-refractivity contribution is 6.21. The fraction of sp³-hybridized carbons (Fsp3) is 1.00. The third kappa shape index (κ3) is 4.71. The predicted molar refractivity (Wildman–Crippen MR) is 67.7 cm³/mol. The Hall–Kier alpha value is 0.210. The van der Waals surface area contributed by atoms with E-state index in [4.69, 9.17) is 11.6 Å². The van der Waals surface area contributed by atoms with Crippen LogP contribution >= 0.6 is 11.6 Å². The molecule has 2 nitrogen and oxygen atoms in total. The normalized spacial score (nSPS) is 27.2. The van der Waals surface area contributed by atoms with E-state index in [1.807, 2.05) is 0 Å². The first-order valence-corrected chi connectivity index (χ1v) is 6.81. The van der Waals surface area contributed by atoms with Crippen LogP contribution in [-0.2, 0) is 0 Å². The van der Waals surface area contributed by atoms with E-state index in [9.17, 15) is 0 Å². The summed E-state index contributed by atoms with van der Waals surface area (Å²) in [5.74, 6) is 0. The molecule has 3 heteroatoms. The molecule has 1 fully saturated rings. The van der Waals surface area contributed by atoms with E-state index >= 15 is 0 Å². The van der Waals surface area contributed by atoms with Gasteiger partial charge in [-0.05, 0) is 25.9 Å². The molecule has 2 unspecified atom stereocenters. The van der Waals surface area contributed by atoms with Gasteiger partial charge in [0.15, 0.2) is 0 Å². The Morgan fingerprint density at radius 1 is 1.20 bits per heavy atom. The molecule has 0 amide bonds. The molecule has 0 bridgehead atoms. The molecule has 0 aromatic carbocycles. The summed E-state index contributed by atoms with van der Waals surface area (Å²) in [7, 11) is 0. The van der Waals surface area contributed by atoms with Gasteiger partial charge in [0.05, 0.1) is 0 Å². The minimum atomic E-state index is 0.357. The van der Waals surface area contributed by atoms with Crippen LogP contribution in [0, 0.1) is 0 Å². The molecule has 0 saturated heterocycles. The Balaban J connectivity index is 2.12. The lowest BCUT2D eigenvalue weighted by atomic mass is 9.95. The van der Waals surface area contributed by atoms with Crippen molar-refractivity contribution < 1.29 is 0 Å². The zero-order valence-electron chi connectivity index (χ0n) is 10.1. The van der Waals surface area contributed by atoms with E-state index < -0.39 is 0 Å². The molecule has 0 aromatic heterocycles. The quantitative estimate of drug-likeness (QED) is 0.708. The van der Waals surface area contributed by atoms with Crippen molar-refractivity contribution in [2.45, 2.75) is 50.9 Å². The van der Waals surface area contributed by atoms with Crippen LogP contribution in [0.3, 0.4) is 0 Å². The third-order valence-electron chi connectivity index (χ3n) is 3.41. The molecule has 1 N–H and O–H groups in total. The smallest absolute Gasteiger partial charge is 0.0489 e. The number of alkyl halides is 1. The van der Waals surface area contributed by atoms with Gasteiger partial charge >= 0.3 is 0 Å². The number of nitrogens with zero attached hydrogens (tertiary/aromatic N) is 1. The van der Waals surface area contributed by atoms with E-state index in [2.05, 4.69) is 24.1 Å². The van der Waals surface area contributed by atoms with E-state index in [1.165, 1.54) is 25.7 Å². The van der Waals surface area contributed by atoms with Crippen LogP contribution in [0.4, 0.5) is 0 Å². The summed E-state index contributed by atoms with van der Waals surface area (Å²) in [5, 5.41) is 3.95. The molecular weight excluding hydrogens is 208 g/mol. The van der Waals surface area contributed by atoms with Crippen molar-refractivity contribution >= 4 is 11.6 Å². The van der Waals surface area contributed by atoms with Gasteiger partial charge in [-0.15, -0.1) is 11.6 Å². The molecule has 0 heterocycles. The van der Waals surface area contributed by atoms with Crippen LogP contribution in [0.5, 0.6) is 0 Å². The highest BCUT2D eigenvalue weighted by Crippen LogP contribution is 2.22. The monoisotopic (exact) mass is 232 g/mol. The Morgan fingerprint density at radius 2 is 1.87 bits per heavy atom. The summed E-state index contributed by atoms with van der Waals surface area (Å²) >= 11 is 6.29. The second-order valence-electron chi connectivity index (χ2n) is 4.39. The zero-order chi connectivity index (χ0) is 11.1. The maximum Gasteiger partial charge on any atom is 0.0489 e. The second kappa shape index (κ2) is 7.48. The number of likely N-dealkylation sites (N-methyl/N-ethyl adjacent to an activating group) is 1. The number of nitrogens with one attached hydrogen (secondary N) is 1. The zero-order valence-corrected chi connectivity index (χ0v) is 10.9. The van der Waals surface area contributed by atoms with Crippen LogP contribution < -0.4 is 5.32 Å². The van der Waals surface area contributed by atoms with Gasteiger partial charge in [0.25, 0.3) is 0 Å². The lowest BCUT2D eigenvalue weighted by molar-refractivity contribution is 0.286. The van der Waals surface area contributed by atoms with Crippen LogP contribution in [0.1, 0.15) is 39.5 Å². The molecule has 1 rings (SSSR count). The van der Waals surface area contributed by atoms with E-state index in [1.54, 1.807) is 0 Å². The molecule has 0 aliphatic heterocycles. The number of hydrogen-bond acceptors (Lipinski definition) is 2. The molecule has 1 aliphatic carbocycles. The van der Waals surface area contributed by atoms with Crippen molar-refractivity contribution in [1.29, 1.82) is 0 Å². The Morgan fingerprint density at radius 3 is 2.47 bits per heavy atom. The first-order valence-electron chi connectivity index (χ1n) is 6.37. The number of halogens is 1. The van der Waals surface area contributed by atoms with Crippen molar-refractivity contribution in [2.75, 3.05) is 26.2 Å². The second-order valence-corrected chi connectivity index (χ2v) is 4.95. The summed E-state index contributed by atoms with van der Waals surface area (Å²) in [4.78, 5) is 2.44. The predicted octanol–water partition coefficient (Wildman–Crippen LogP) is 2.47. The van der Waals surface area contributed by atoms with Gasteiger partial charge in [0.2, 0.25) is 0 Å². The molecule has 1 saturated carbocycles. The van der Waals surface area contributed by atoms with Crippen molar-refractivity contribution in [3.8, 4) is 0 Å². The van der Waals surface area contributed by atoms with Crippen molar-refractivity contribution in [1.82, 2.24) is 10.2 Å². The number of hydrogen-bond donors (Lipinski definition) is 1. The Labute approximate surface area is 99.4 Å². The van der Waals surface area contributed by atoms with E-state index in [-0.39, 0.29) is 0 Å². The third-order valence-corrected chi connectivity index (χ3v) is 3.93. The maximum atomic E-state index is 6.29. The van der Waals surface area contributed by atoms with Gasteiger partial charge in [-0.25, -0.2) is 0 Å². The highest BCUT2D eigenvalue weighted by Gasteiger charge is 2.22. The van der Waals surface area contributed by atoms with E-state index in [0.29, 0.717) is 11.4 Å². The number of rotatable bonds is 6. The van der Waals surface area contributed by atoms with Crippen LogP contribution in [0.2, 0.25) is 0 Å². The Kier molecular flexibility index (Phi) is 6.62. The molecule has 2 atom stereocenters. The van der Waals surface area contributed by atoms with Crippen molar-refractivity contribution in [3.05, 3.63) is 0 Å². The molecule has 0 radical (unpaired) electrons. The molecule has 0 aromatic rings. The standard InChI is InChI=1S/C12H25ClN2/c1-3-15(4-2)10-9-14-12-8-6-5-7-11(12)13/h11-12,14H,3-10H2,1-2H3. The van der Waals surface area contributed by atoms with Gasteiger partial charge in [-0.1, -0.05) is 26.7 Å². The van der Waals surface area contributed by atoms with Gasteiger partial charge in [-0.2, -0.15) is 0 Å². The summed E-state index contributed by atoms with van der Waals surface area (Å²) in [6.07, 6.45) is 5.09. The van der Waals surface area contributed by atoms with Crippen LogP contribution in [-0.4, -0.2) is 42.5 Å². The van der Waals surface area contributed by atoms with Crippen LogP contribution in [0.25, 0.3) is 0 Å². The molecule has 90 valence electrons. The summed E-state index contributed by atoms with van der Waals surface area (Å²) in [6.45, 7) is 8.95. The van der Waals surface area contributed by atoms with Crippen LogP contribution in [0.15, 0.2) is 0 Å². The summed E-state index contributed by atoms with van der Waals surface area (Å²) in [6, 6.07) is 0.552. The largest absolute Gasteiger partial charge is 0.311 e. The fourth-order valence-corrected chi connectivity index (χ4v) is 2.63. The first kappa shape index (κ1) is 13.3. The Bertz CT molecular complexity index is 160. The lowest BCUT2D eigenvalue weighted by Gasteiger charge is -2.29. The fourth-order valence-electron chi connectivity index (χ4n) is 2.26. The average Bonchev–Trinajstić information content (AvgIpc) is 2.27. The highest BCUT2D eigenvalue weighted by atomic mass is 35.5. The molecular formula is C12H25ClN2. The van der Waals surface area contributed by atoms with Gasteiger partial charge < -0.3 is 10.2 Å². The topological polar surface area (TPSA) is 15.3 Å². The summed E-state index contributed by atoms with van der Waals surface area (Å²) in [5.41, 5.74) is 0. The maximum absolute atomic E-state index is 6.29. The molecule has 15 heavy (non-hydrogen) atoms. The van der Waals surface area contributed by atoms with Crippen molar-refractivity contribution in [2.24, 2.45) is 0 Å². The minimum absolute atomic E-state index is 0.357. The van der Waals surface area contributed by atoms with Gasteiger partial charge in [0.1, 0.15) is 0 Å². The average molecular weight is 233 g/mol. The summed E-state index contributed by atoms with van der Waals surface area (Å²) < 4.78 is 0. The minimum Gasteiger partial charge on any atom is -0.311 e. The van der Waals surface area contributed by atoms with Crippen molar-refractivity contribution in [3.63, 3.8) is 0 Å². The first-order chi connectivity index (χ1) is 7.27. The molecule has 1 aliphatic rings. The molecule has 0 spiro atoms. The van der Waals surface area contributed by atoms with E-state index in [0.717, 1.165) is 26.2 Å². The SMILES string of the molecule is CCN(CC)CCNC1CCCCC1Cl. The van der Waals surface area contributed by atoms with Gasteiger partial charge in [-0.3, -0.25) is 0 Å².